The summed E-state index contributed by atoms with van der Waals surface area (Å²) in [5.41, 5.74) is 1.13. The normalized spacial score (nSPS) is 28.1. The number of rotatable bonds is 3. The quantitative estimate of drug-likeness (QED) is 0.830. The number of benzene rings is 1. The predicted molar refractivity (Wildman–Crippen MR) is 65.4 cm³/mol. The van der Waals surface area contributed by atoms with E-state index in [1.165, 1.54) is 0 Å². The fourth-order valence-electron chi connectivity index (χ4n) is 1.84. The summed E-state index contributed by atoms with van der Waals surface area (Å²) in [6.45, 7) is 0.657. The highest BCUT2D eigenvalue weighted by Gasteiger charge is 2.35. The predicted octanol–water partition coefficient (Wildman–Crippen LogP) is 1.18. The first-order chi connectivity index (χ1) is 7.57. The molecule has 1 aliphatic rings. The zero-order chi connectivity index (χ0) is 11.6. The summed E-state index contributed by atoms with van der Waals surface area (Å²) in [7, 11) is -2.94. The molecular formula is C11H14ClNO2S. The Morgan fingerprint density at radius 2 is 1.94 bits per heavy atom. The van der Waals surface area contributed by atoms with E-state index in [9.17, 15) is 8.42 Å². The third-order valence-electron chi connectivity index (χ3n) is 2.69. The molecule has 0 bridgehead atoms. The number of hydrogen-bond acceptors (Lipinski definition) is 3. The molecule has 0 aromatic heterocycles. The van der Waals surface area contributed by atoms with Crippen LogP contribution < -0.4 is 5.32 Å². The summed E-state index contributed by atoms with van der Waals surface area (Å²) in [4.78, 5) is 0. The van der Waals surface area contributed by atoms with Crippen molar-refractivity contribution in [2.45, 2.75) is 18.0 Å². The minimum absolute atomic E-state index is 0.0843. The van der Waals surface area contributed by atoms with Crippen LogP contribution in [0.5, 0.6) is 0 Å². The average molecular weight is 260 g/mol. The molecule has 1 N–H and O–H groups in total. The molecule has 0 spiro atoms. The fourth-order valence-corrected chi connectivity index (χ4v) is 4.45. The topological polar surface area (TPSA) is 46.2 Å². The Morgan fingerprint density at radius 3 is 2.50 bits per heavy atom. The maximum Gasteiger partial charge on any atom is 0.153 e. The van der Waals surface area contributed by atoms with Crippen LogP contribution in [0.4, 0.5) is 0 Å². The molecule has 0 saturated carbocycles. The summed E-state index contributed by atoms with van der Waals surface area (Å²) >= 11 is 5.99. The van der Waals surface area contributed by atoms with Gasteiger partial charge in [-0.15, -0.1) is 11.6 Å². The molecule has 16 heavy (non-hydrogen) atoms. The lowest BCUT2D eigenvalue weighted by Gasteiger charge is -2.14. The molecule has 0 aliphatic carbocycles. The first-order valence-corrected chi connectivity index (χ1v) is 7.44. The maximum absolute atomic E-state index is 11.3. The molecule has 1 heterocycles. The molecule has 88 valence electrons. The van der Waals surface area contributed by atoms with Crippen LogP contribution >= 0.6 is 11.6 Å². The first-order valence-electron chi connectivity index (χ1n) is 5.19. The van der Waals surface area contributed by atoms with E-state index in [1.54, 1.807) is 0 Å². The van der Waals surface area contributed by atoms with Gasteiger partial charge in [-0.1, -0.05) is 30.3 Å². The Bertz CT molecular complexity index is 446. The average Bonchev–Trinajstić information content (AvgIpc) is 2.50. The molecular weight excluding hydrogens is 246 g/mol. The van der Waals surface area contributed by atoms with Gasteiger partial charge in [-0.2, -0.15) is 0 Å². The number of alkyl halides is 1. The van der Waals surface area contributed by atoms with Gasteiger partial charge in [0.15, 0.2) is 9.84 Å². The Morgan fingerprint density at radius 1 is 1.25 bits per heavy atom. The van der Waals surface area contributed by atoms with Crippen LogP contribution in [-0.4, -0.2) is 31.3 Å². The zero-order valence-corrected chi connectivity index (χ0v) is 10.3. The summed E-state index contributed by atoms with van der Waals surface area (Å²) in [6.07, 6.45) is 0. The first kappa shape index (κ1) is 11.9. The summed E-state index contributed by atoms with van der Waals surface area (Å²) in [5, 5.41) is 2.88. The van der Waals surface area contributed by atoms with Crippen molar-refractivity contribution >= 4 is 21.4 Å². The second-order valence-electron chi connectivity index (χ2n) is 4.07. The molecule has 5 heteroatoms. The van der Waals surface area contributed by atoms with Gasteiger partial charge in [-0.05, 0) is 5.56 Å². The van der Waals surface area contributed by atoms with Gasteiger partial charge in [-0.25, -0.2) is 8.42 Å². The van der Waals surface area contributed by atoms with Gasteiger partial charge in [-0.3, -0.25) is 0 Å². The van der Waals surface area contributed by atoms with Crippen molar-refractivity contribution in [3.63, 3.8) is 0 Å². The van der Waals surface area contributed by atoms with Crippen molar-refractivity contribution in [1.82, 2.24) is 5.32 Å². The van der Waals surface area contributed by atoms with E-state index in [4.69, 9.17) is 11.6 Å². The Labute approximate surface area is 101 Å². The zero-order valence-electron chi connectivity index (χ0n) is 8.77. The highest BCUT2D eigenvalue weighted by Crippen LogP contribution is 2.18. The lowest BCUT2D eigenvalue weighted by Crippen LogP contribution is -2.35. The van der Waals surface area contributed by atoms with Gasteiger partial charge < -0.3 is 5.32 Å². The number of sulfone groups is 1. The van der Waals surface area contributed by atoms with E-state index in [0.29, 0.717) is 6.54 Å². The van der Waals surface area contributed by atoms with E-state index >= 15 is 0 Å². The van der Waals surface area contributed by atoms with Crippen LogP contribution in [0.25, 0.3) is 0 Å². The van der Waals surface area contributed by atoms with Gasteiger partial charge in [0.25, 0.3) is 0 Å². The standard InChI is InChI=1S/C11H14ClNO2S/c12-10-7-16(14,15)8-11(10)13-6-9-4-2-1-3-5-9/h1-5,10-11,13H,6-8H2. The molecule has 1 aromatic rings. The lowest BCUT2D eigenvalue weighted by atomic mass is 10.2. The third kappa shape index (κ3) is 2.97. The Balaban J connectivity index is 1.92. The minimum Gasteiger partial charge on any atom is -0.307 e. The van der Waals surface area contributed by atoms with Crippen LogP contribution in [0.15, 0.2) is 30.3 Å². The molecule has 1 aromatic carbocycles. The van der Waals surface area contributed by atoms with Crippen LogP contribution in [0.3, 0.4) is 0 Å². The Hall–Kier alpha value is -0.580. The van der Waals surface area contributed by atoms with Crippen molar-refractivity contribution in [2.24, 2.45) is 0 Å². The molecule has 1 saturated heterocycles. The highest BCUT2D eigenvalue weighted by molar-refractivity contribution is 7.91. The van der Waals surface area contributed by atoms with E-state index in [-0.39, 0.29) is 22.9 Å². The second-order valence-corrected chi connectivity index (χ2v) is 6.78. The monoisotopic (exact) mass is 259 g/mol. The van der Waals surface area contributed by atoms with E-state index in [0.717, 1.165) is 5.56 Å². The molecule has 1 fully saturated rings. The highest BCUT2D eigenvalue weighted by atomic mass is 35.5. The third-order valence-corrected chi connectivity index (χ3v) is 5.07. The van der Waals surface area contributed by atoms with Gasteiger partial charge >= 0.3 is 0 Å². The van der Waals surface area contributed by atoms with Gasteiger partial charge in [0.2, 0.25) is 0 Å². The van der Waals surface area contributed by atoms with E-state index in [1.807, 2.05) is 30.3 Å². The molecule has 1 aliphatic heterocycles. The Kier molecular flexibility index (Phi) is 3.52. The van der Waals surface area contributed by atoms with Gasteiger partial charge in [0, 0.05) is 12.6 Å². The largest absolute Gasteiger partial charge is 0.307 e. The maximum atomic E-state index is 11.3. The molecule has 2 unspecified atom stereocenters. The molecule has 3 nitrogen and oxygen atoms in total. The van der Waals surface area contributed by atoms with E-state index in [2.05, 4.69) is 5.32 Å². The molecule has 2 atom stereocenters. The SMILES string of the molecule is O=S1(=O)CC(Cl)C(NCc2ccccc2)C1. The fraction of sp³-hybridized carbons (Fsp3) is 0.455. The van der Waals surface area contributed by atoms with Gasteiger partial charge in [0.1, 0.15) is 0 Å². The number of nitrogens with one attached hydrogen (secondary N) is 1. The van der Waals surface area contributed by atoms with Crippen molar-refractivity contribution in [2.75, 3.05) is 11.5 Å². The molecule has 0 amide bonds. The molecule has 2 rings (SSSR count). The lowest BCUT2D eigenvalue weighted by molar-refractivity contribution is 0.558. The summed E-state index contributed by atoms with van der Waals surface area (Å²) in [6, 6.07) is 9.74. The summed E-state index contributed by atoms with van der Waals surface area (Å²) in [5.74, 6) is 0.231. The van der Waals surface area contributed by atoms with Crippen LogP contribution in [0.1, 0.15) is 5.56 Å². The van der Waals surface area contributed by atoms with Crippen LogP contribution in [-0.2, 0) is 16.4 Å². The van der Waals surface area contributed by atoms with Crippen molar-refractivity contribution < 1.29 is 8.42 Å². The van der Waals surface area contributed by atoms with Crippen LogP contribution in [0.2, 0.25) is 0 Å². The minimum atomic E-state index is -2.94. The summed E-state index contributed by atoms with van der Waals surface area (Å²) < 4.78 is 22.7. The van der Waals surface area contributed by atoms with Crippen LogP contribution in [0, 0.1) is 0 Å². The van der Waals surface area contributed by atoms with E-state index < -0.39 is 9.84 Å². The van der Waals surface area contributed by atoms with Gasteiger partial charge in [0.05, 0.1) is 16.9 Å². The van der Waals surface area contributed by atoms with Crippen molar-refractivity contribution in [1.29, 1.82) is 0 Å². The van der Waals surface area contributed by atoms with Crippen molar-refractivity contribution in [3.05, 3.63) is 35.9 Å². The number of hydrogen-bond donors (Lipinski definition) is 1. The van der Waals surface area contributed by atoms with Crippen molar-refractivity contribution in [3.8, 4) is 0 Å². The smallest absolute Gasteiger partial charge is 0.153 e. The second kappa shape index (κ2) is 4.73. The number of halogens is 1. The molecule has 0 radical (unpaired) electrons.